The molecule has 0 bridgehead atoms. The van der Waals surface area contributed by atoms with Gasteiger partial charge < -0.3 is 0 Å². The average molecular weight is 170 g/mol. The summed E-state index contributed by atoms with van der Waals surface area (Å²) in [6.45, 7) is 2.22. The first-order valence-corrected chi connectivity index (χ1v) is 5.57. The van der Waals surface area contributed by atoms with Crippen LogP contribution in [0.3, 0.4) is 0 Å². The smallest absolute Gasteiger partial charge is 0.0688 e. The van der Waals surface area contributed by atoms with Crippen molar-refractivity contribution in [2.75, 3.05) is 0 Å². The topological polar surface area (TPSA) is 0 Å². The van der Waals surface area contributed by atoms with Gasteiger partial charge in [-0.15, -0.1) is 0 Å². The predicted octanol–water partition coefficient (Wildman–Crippen LogP) is 2.22. The van der Waals surface area contributed by atoms with Gasteiger partial charge in [0, 0.05) is 0 Å². The van der Waals surface area contributed by atoms with Crippen molar-refractivity contribution in [1.29, 1.82) is 0 Å². The zero-order valence-electron chi connectivity index (χ0n) is 7.04. The van der Waals surface area contributed by atoms with Crippen molar-refractivity contribution in [2.24, 2.45) is 0 Å². The number of rotatable bonds is 1. The first-order chi connectivity index (χ1) is 5.92. The Kier molecular flexibility index (Phi) is 1.96. The van der Waals surface area contributed by atoms with E-state index in [1.165, 1.54) is 16.0 Å². The van der Waals surface area contributed by atoms with Crippen LogP contribution in [0.15, 0.2) is 42.5 Å². The Bertz CT molecular complexity index is 388. The van der Waals surface area contributed by atoms with Gasteiger partial charge >= 0.3 is 0 Å². The molecule has 0 saturated carbocycles. The van der Waals surface area contributed by atoms with E-state index in [1.54, 1.807) is 0 Å². The summed E-state index contributed by atoms with van der Waals surface area (Å²) in [6.07, 6.45) is 0. The number of fused-ring (bicyclic) bond motifs is 1. The van der Waals surface area contributed by atoms with Crippen LogP contribution in [-0.2, 0) is 0 Å². The molecule has 2 rings (SSSR count). The molecule has 1 heteroatoms. The van der Waals surface area contributed by atoms with E-state index in [2.05, 4.69) is 49.0 Å². The molecule has 0 spiro atoms. The maximum absolute atomic E-state index is 2.22. The largest absolute Gasteiger partial charge is 0.0781 e. The van der Waals surface area contributed by atoms with E-state index < -0.39 is 0 Å². The van der Waals surface area contributed by atoms with E-state index >= 15 is 0 Å². The fraction of sp³-hybridized carbons (Fsp3) is 0.0909. The maximum atomic E-state index is 2.22. The lowest BCUT2D eigenvalue weighted by Gasteiger charge is -2.01. The molecule has 0 unspecified atom stereocenters. The molecule has 0 heterocycles. The summed E-state index contributed by atoms with van der Waals surface area (Å²) in [6, 6.07) is 15.1. The van der Waals surface area contributed by atoms with Crippen LogP contribution in [0.2, 0.25) is 6.55 Å². The molecule has 0 nitrogen and oxygen atoms in total. The Labute approximate surface area is 75.1 Å². The molecule has 12 heavy (non-hydrogen) atoms. The standard InChI is InChI=1S/C11H10Si/c1-12-11-8-4-6-9-5-2-3-7-10(9)11/h2-8H,1H3. The number of benzene rings is 2. The van der Waals surface area contributed by atoms with Gasteiger partial charge in [-0.3, -0.25) is 0 Å². The van der Waals surface area contributed by atoms with Crippen LogP contribution in [0.5, 0.6) is 0 Å². The van der Waals surface area contributed by atoms with E-state index in [1.807, 2.05) is 0 Å². The van der Waals surface area contributed by atoms with E-state index in [0.29, 0.717) is 0 Å². The fourth-order valence-electron chi connectivity index (χ4n) is 1.44. The molecule has 0 aliphatic heterocycles. The quantitative estimate of drug-likeness (QED) is 0.576. The van der Waals surface area contributed by atoms with Crippen LogP contribution in [-0.4, -0.2) is 9.52 Å². The Morgan fingerprint density at radius 3 is 2.50 bits per heavy atom. The summed E-state index contributed by atoms with van der Waals surface area (Å²) in [7, 11) is 0.884. The number of hydrogen-bond acceptors (Lipinski definition) is 0. The van der Waals surface area contributed by atoms with E-state index in [-0.39, 0.29) is 0 Å². The second kappa shape index (κ2) is 3.11. The fourth-order valence-corrected chi connectivity index (χ4v) is 2.20. The van der Waals surface area contributed by atoms with Crippen LogP contribution in [0.1, 0.15) is 0 Å². The molecule has 0 aliphatic rings. The van der Waals surface area contributed by atoms with Gasteiger partial charge in [0.25, 0.3) is 0 Å². The zero-order valence-corrected chi connectivity index (χ0v) is 8.04. The highest BCUT2D eigenvalue weighted by molar-refractivity contribution is 6.55. The van der Waals surface area contributed by atoms with Crippen LogP contribution >= 0.6 is 0 Å². The second-order valence-electron chi connectivity index (χ2n) is 2.78. The van der Waals surface area contributed by atoms with Gasteiger partial charge in [0.05, 0.1) is 9.52 Å². The molecule has 58 valence electrons. The van der Waals surface area contributed by atoms with Gasteiger partial charge in [0.1, 0.15) is 0 Å². The molecule has 0 N–H and O–H groups in total. The van der Waals surface area contributed by atoms with Crippen molar-refractivity contribution in [3.05, 3.63) is 42.5 Å². The molecule has 0 aliphatic carbocycles. The van der Waals surface area contributed by atoms with E-state index in [4.69, 9.17) is 0 Å². The maximum Gasteiger partial charge on any atom is 0.0781 e. The van der Waals surface area contributed by atoms with E-state index in [0.717, 1.165) is 9.52 Å². The monoisotopic (exact) mass is 170 g/mol. The van der Waals surface area contributed by atoms with Crippen LogP contribution in [0, 0.1) is 0 Å². The first-order valence-electron chi connectivity index (χ1n) is 4.07. The normalized spacial score (nSPS) is 10.4. The third-order valence-electron chi connectivity index (χ3n) is 2.06. The third-order valence-corrected chi connectivity index (χ3v) is 3.03. The van der Waals surface area contributed by atoms with Gasteiger partial charge in [-0.2, -0.15) is 0 Å². The van der Waals surface area contributed by atoms with Crippen molar-refractivity contribution >= 4 is 25.5 Å². The summed E-state index contributed by atoms with van der Waals surface area (Å²) in [5.74, 6) is 0. The third kappa shape index (κ3) is 1.16. The minimum absolute atomic E-state index is 0.884. The minimum atomic E-state index is 0.884. The lowest BCUT2D eigenvalue weighted by molar-refractivity contribution is 1.78. The first kappa shape index (κ1) is 7.56. The molecule has 0 amide bonds. The molecular weight excluding hydrogens is 160 g/mol. The highest BCUT2D eigenvalue weighted by Crippen LogP contribution is 2.09. The SMILES string of the molecule is C[Si]c1cccc2ccccc12. The van der Waals surface area contributed by atoms with Crippen LogP contribution in [0.4, 0.5) is 0 Å². The van der Waals surface area contributed by atoms with Gasteiger partial charge in [0.2, 0.25) is 0 Å². The van der Waals surface area contributed by atoms with Crippen molar-refractivity contribution < 1.29 is 0 Å². The highest BCUT2D eigenvalue weighted by atomic mass is 28.2. The molecule has 2 aromatic rings. The summed E-state index contributed by atoms with van der Waals surface area (Å²) in [5.41, 5.74) is 0. The lowest BCUT2D eigenvalue weighted by Crippen LogP contribution is -2.10. The Morgan fingerprint density at radius 2 is 1.67 bits per heavy atom. The Morgan fingerprint density at radius 1 is 0.917 bits per heavy atom. The Balaban J connectivity index is 2.79. The molecule has 2 aromatic carbocycles. The van der Waals surface area contributed by atoms with Crippen LogP contribution < -0.4 is 5.19 Å². The van der Waals surface area contributed by atoms with Crippen molar-refractivity contribution in [1.82, 2.24) is 0 Å². The van der Waals surface area contributed by atoms with Crippen molar-refractivity contribution in [3.63, 3.8) is 0 Å². The Hall–Kier alpha value is -1.08. The van der Waals surface area contributed by atoms with Crippen molar-refractivity contribution in [2.45, 2.75) is 6.55 Å². The van der Waals surface area contributed by atoms with E-state index in [9.17, 15) is 0 Å². The molecule has 0 saturated heterocycles. The molecular formula is C11H10Si. The molecule has 0 fully saturated rings. The minimum Gasteiger partial charge on any atom is -0.0688 e. The highest BCUT2D eigenvalue weighted by Gasteiger charge is 1.96. The predicted molar refractivity (Wildman–Crippen MR) is 55.2 cm³/mol. The molecule has 0 atom stereocenters. The lowest BCUT2D eigenvalue weighted by atomic mass is 10.1. The number of hydrogen-bond donors (Lipinski definition) is 0. The summed E-state index contributed by atoms with van der Waals surface area (Å²) >= 11 is 0. The molecule has 2 radical (unpaired) electrons. The average Bonchev–Trinajstić information content (AvgIpc) is 2.17. The van der Waals surface area contributed by atoms with Gasteiger partial charge in [-0.05, 0) is 10.8 Å². The summed E-state index contributed by atoms with van der Waals surface area (Å²) in [4.78, 5) is 0. The van der Waals surface area contributed by atoms with Crippen molar-refractivity contribution in [3.8, 4) is 0 Å². The summed E-state index contributed by atoms with van der Waals surface area (Å²) < 4.78 is 0. The van der Waals surface area contributed by atoms with Gasteiger partial charge in [0.15, 0.2) is 0 Å². The molecule has 0 aromatic heterocycles. The van der Waals surface area contributed by atoms with Gasteiger partial charge in [-0.1, -0.05) is 54.2 Å². The van der Waals surface area contributed by atoms with Gasteiger partial charge in [-0.25, -0.2) is 0 Å². The van der Waals surface area contributed by atoms with Crippen LogP contribution in [0.25, 0.3) is 10.8 Å². The second-order valence-corrected chi connectivity index (χ2v) is 3.82. The summed E-state index contributed by atoms with van der Waals surface area (Å²) in [5, 5.41) is 4.22. The zero-order chi connectivity index (χ0) is 8.39.